The zero-order valence-corrected chi connectivity index (χ0v) is 18.3. The fourth-order valence-electron chi connectivity index (χ4n) is 3.21. The number of fused-ring (bicyclic) bond motifs is 2. The molecule has 0 radical (unpaired) electrons. The van der Waals surface area contributed by atoms with E-state index >= 15 is 0 Å². The first kappa shape index (κ1) is 24.6. The topological polar surface area (TPSA) is 118 Å². The summed E-state index contributed by atoms with van der Waals surface area (Å²) in [6.45, 7) is 0. The molecule has 2 heterocycles. The smallest absolute Gasteiger partial charge is 0.485 e. The van der Waals surface area contributed by atoms with Gasteiger partial charge in [0.1, 0.15) is 24.4 Å². The van der Waals surface area contributed by atoms with Crippen molar-refractivity contribution in [1.82, 2.24) is 4.98 Å². The SMILES string of the molecule is C[n+]1c(C=Cc2ccc(O)c3ncccc23)cc(C#N)c2ccccc21.O=S(=O)([O-])C(F)(F)F. The predicted molar refractivity (Wildman–Crippen MR) is 118 cm³/mol. The summed E-state index contributed by atoms with van der Waals surface area (Å²) in [5.41, 5.74) is -1.54. The second kappa shape index (κ2) is 9.46. The van der Waals surface area contributed by atoms with Crippen molar-refractivity contribution >= 4 is 44.1 Å². The van der Waals surface area contributed by atoms with Crippen molar-refractivity contribution < 1.29 is 35.8 Å². The number of rotatable bonds is 2. The number of nitrogens with zero attached hydrogens (tertiary/aromatic N) is 3. The Hall–Kier alpha value is -4.01. The van der Waals surface area contributed by atoms with Crippen molar-refractivity contribution in [3.8, 4) is 11.8 Å². The van der Waals surface area contributed by atoms with Crippen LogP contribution in [0.3, 0.4) is 0 Å². The van der Waals surface area contributed by atoms with E-state index in [1.54, 1.807) is 12.3 Å². The maximum absolute atomic E-state index is 10.7. The van der Waals surface area contributed by atoms with Crippen LogP contribution in [-0.4, -0.2) is 28.6 Å². The average Bonchev–Trinajstić information content (AvgIpc) is 2.79. The number of para-hydroxylation sites is 1. The molecule has 0 fully saturated rings. The Morgan fingerprint density at radius 2 is 1.74 bits per heavy atom. The molecular weight excluding hydrogens is 471 g/mol. The molecule has 4 aromatic rings. The number of hydrogen-bond donors (Lipinski definition) is 1. The van der Waals surface area contributed by atoms with E-state index in [-0.39, 0.29) is 5.75 Å². The van der Waals surface area contributed by atoms with Gasteiger partial charge >= 0.3 is 5.51 Å². The van der Waals surface area contributed by atoms with E-state index in [1.165, 1.54) is 0 Å². The molecule has 0 bridgehead atoms. The Bertz CT molecular complexity index is 1560. The minimum absolute atomic E-state index is 0.167. The number of phenolic OH excluding ortho intramolecular Hbond substituents is 1. The van der Waals surface area contributed by atoms with E-state index in [9.17, 15) is 23.5 Å². The molecule has 11 heteroatoms. The summed E-state index contributed by atoms with van der Waals surface area (Å²) < 4.78 is 61.0. The maximum atomic E-state index is 10.7. The number of alkyl halides is 3. The molecule has 0 spiro atoms. The summed E-state index contributed by atoms with van der Waals surface area (Å²) in [6.07, 6.45) is 5.62. The number of nitriles is 1. The Balaban J connectivity index is 0.000000350. The lowest BCUT2D eigenvalue weighted by molar-refractivity contribution is -0.646. The first-order valence-electron chi connectivity index (χ1n) is 9.53. The third-order valence-electron chi connectivity index (χ3n) is 4.85. The van der Waals surface area contributed by atoms with E-state index in [4.69, 9.17) is 13.0 Å². The highest BCUT2D eigenvalue weighted by molar-refractivity contribution is 7.86. The molecular formula is C23H16F3N3O4S. The Kier molecular flexibility index (Phi) is 6.85. The minimum Gasteiger partial charge on any atom is -0.741 e. The molecule has 174 valence electrons. The zero-order valence-electron chi connectivity index (χ0n) is 17.5. The van der Waals surface area contributed by atoms with Crippen molar-refractivity contribution in [2.45, 2.75) is 5.51 Å². The van der Waals surface area contributed by atoms with Crippen molar-refractivity contribution in [1.29, 1.82) is 5.26 Å². The van der Waals surface area contributed by atoms with Crippen molar-refractivity contribution in [2.24, 2.45) is 7.05 Å². The number of aromatic hydroxyl groups is 1. The van der Waals surface area contributed by atoms with Crippen LogP contribution in [0.5, 0.6) is 5.75 Å². The number of aryl methyl sites for hydroxylation is 1. The molecule has 0 saturated carbocycles. The Labute approximate surface area is 192 Å². The summed E-state index contributed by atoms with van der Waals surface area (Å²) >= 11 is 0. The van der Waals surface area contributed by atoms with Gasteiger partial charge in [-0.3, -0.25) is 4.98 Å². The summed E-state index contributed by atoms with van der Waals surface area (Å²) in [5.74, 6) is 0.167. The Morgan fingerprint density at radius 1 is 1.09 bits per heavy atom. The van der Waals surface area contributed by atoms with Gasteiger partial charge in [0.15, 0.2) is 10.1 Å². The molecule has 4 rings (SSSR count). The van der Waals surface area contributed by atoms with Crippen LogP contribution in [0.1, 0.15) is 16.8 Å². The number of pyridine rings is 2. The third kappa shape index (κ3) is 5.14. The molecule has 0 aliphatic rings. The molecule has 2 aromatic heterocycles. The second-order valence-corrected chi connectivity index (χ2v) is 8.35. The normalized spacial score (nSPS) is 11.9. The molecule has 0 atom stereocenters. The van der Waals surface area contributed by atoms with Crippen LogP contribution in [0, 0.1) is 11.3 Å². The number of benzene rings is 2. The Morgan fingerprint density at radius 3 is 2.38 bits per heavy atom. The molecule has 34 heavy (non-hydrogen) atoms. The number of phenols is 1. The van der Waals surface area contributed by atoms with E-state index in [0.29, 0.717) is 11.1 Å². The van der Waals surface area contributed by atoms with E-state index in [2.05, 4.69) is 15.6 Å². The second-order valence-electron chi connectivity index (χ2n) is 6.98. The van der Waals surface area contributed by atoms with Gasteiger partial charge in [0, 0.05) is 29.8 Å². The van der Waals surface area contributed by atoms with E-state index < -0.39 is 15.6 Å². The van der Waals surface area contributed by atoms with Gasteiger partial charge in [0.05, 0.1) is 10.9 Å². The summed E-state index contributed by atoms with van der Waals surface area (Å²) in [6, 6.07) is 19.3. The van der Waals surface area contributed by atoms with Gasteiger partial charge in [-0.25, -0.2) is 8.42 Å². The van der Waals surface area contributed by atoms with Crippen LogP contribution >= 0.6 is 0 Å². The van der Waals surface area contributed by atoms with Crippen molar-refractivity contribution in [2.75, 3.05) is 0 Å². The minimum atomic E-state index is -6.09. The largest absolute Gasteiger partial charge is 0.741 e. The molecule has 0 amide bonds. The van der Waals surface area contributed by atoms with Crippen LogP contribution in [0.25, 0.3) is 34.0 Å². The summed E-state index contributed by atoms with van der Waals surface area (Å²) in [5, 5.41) is 21.3. The molecule has 0 aliphatic carbocycles. The van der Waals surface area contributed by atoms with E-state index in [0.717, 1.165) is 27.5 Å². The van der Waals surface area contributed by atoms with Gasteiger partial charge in [-0.15, -0.1) is 0 Å². The highest BCUT2D eigenvalue weighted by Crippen LogP contribution is 2.27. The summed E-state index contributed by atoms with van der Waals surface area (Å²) in [7, 11) is -4.10. The molecule has 2 aromatic carbocycles. The quantitative estimate of drug-likeness (QED) is 0.259. The fraction of sp³-hybridized carbons (Fsp3) is 0.0870. The lowest BCUT2D eigenvalue weighted by Crippen LogP contribution is -2.33. The molecule has 0 unspecified atom stereocenters. The highest BCUT2D eigenvalue weighted by Gasteiger charge is 2.36. The van der Waals surface area contributed by atoms with Gasteiger partial charge in [0.25, 0.3) is 0 Å². The monoisotopic (exact) mass is 487 g/mol. The first-order chi connectivity index (χ1) is 15.9. The molecule has 7 nitrogen and oxygen atoms in total. The van der Waals surface area contributed by atoms with Gasteiger partial charge in [-0.05, 0) is 29.8 Å². The van der Waals surface area contributed by atoms with Gasteiger partial charge in [-0.2, -0.15) is 23.0 Å². The van der Waals surface area contributed by atoms with Crippen LogP contribution in [0.2, 0.25) is 0 Å². The highest BCUT2D eigenvalue weighted by atomic mass is 32.2. The molecule has 0 aliphatic heterocycles. The van der Waals surface area contributed by atoms with Gasteiger partial charge in [-0.1, -0.05) is 24.3 Å². The molecule has 0 saturated heterocycles. The number of aromatic nitrogens is 2. The predicted octanol–water partition coefficient (Wildman–Crippen LogP) is 4.01. The van der Waals surface area contributed by atoms with Gasteiger partial charge < -0.3 is 9.66 Å². The maximum Gasteiger partial charge on any atom is 0.485 e. The first-order valence-corrected chi connectivity index (χ1v) is 10.9. The average molecular weight is 487 g/mol. The third-order valence-corrected chi connectivity index (χ3v) is 5.42. The summed E-state index contributed by atoms with van der Waals surface area (Å²) in [4.78, 5) is 4.25. The van der Waals surface area contributed by atoms with Crippen LogP contribution in [0.4, 0.5) is 13.2 Å². The lowest BCUT2D eigenvalue weighted by atomic mass is 10.1. The van der Waals surface area contributed by atoms with Crippen LogP contribution in [0.15, 0.2) is 60.8 Å². The van der Waals surface area contributed by atoms with Crippen molar-refractivity contribution in [3.63, 3.8) is 0 Å². The van der Waals surface area contributed by atoms with Crippen LogP contribution in [-0.2, 0) is 17.2 Å². The fourth-order valence-corrected chi connectivity index (χ4v) is 3.21. The standard InChI is InChI=1S/C22H15N3O.CHF3O3S/c1-25-17(13-16(14-23)18-5-2-3-7-20(18)25)10-8-15-9-11-21(26)22-19(15)6-4-12-24-22;2-1(3,4)8(5,6)7/h2-13H,1H3;(H,5,6,7). The number of halogens is 3. The van der Waals surface area contributed by atoms with Crippen molar-refractivity contribution in [3.05, 3.63) is 77.6 Å². The number of hydrogen-bond acceptors (Lipinski definition) is 6. The lowest BCUT2D eigenvalue weighted by Gasteiger charge is -2.08. The zero-order chi connectivity index (χ0) is 25.1. The van der Waals surface area contributed by atoms with E-state index in [1.807, 2.05) is 67.7 Å². The van der Waals surface area contributed by atoms with Gasteiger partial charge in [0.2, 0.25) is 11.2 Å². The molecule has 1 N–H and O–H groups in total. The van der Waals surface area contributed by atoms with Crippen LogP contribution < -0.4 is 4.57 Å².